The molecule has 2 rings (SSSR count). The summed E-state index contributed by atoms with van der Waals surface area (Å²) in [4.78, 5) is 23.1. The number of carbonyl (C=O) groups excluding carboxylic acids is 1. The number of amidine groups is 1. The van der Waals surface area contributed by atoms with Crippen molar-refractivity contribution in [2.75, 3.05) is 0 Å². The Balaban J connectivity index is 1.68. The van der Waals surface area contributed by atoms with Crippen LogP contribution in [0.4, 0.5) is 0 Å². The lowest BCUT2D eigenvalue weighted by Gasteiger charge is -2.32. The summed E-state index contributed by atoms with van der Waals surface area (Å²) in [6.45, 7) is 0. The van der Waals surface area contributed by atoms with Crippen molar-refractivity contribution in [1.29, 1.82) is 5.41 Å². The fourth-order valence-electron chi connectivity index (χ4n) is 3.80. The van der Waals surface area contributed by atoms with Crippen LogP contribution in [-0.2, 0) is 16.0 Å². The van der Waals surface area contributed by atoms with Gasteiger partial charge in [0, 0.05) is 24.4 Å². The minimum Gasteiger partial charge on any atom is -0.481 e. The molecule has 0 bridgehead atoms. The molecule has 0 saturated heterocycles. The molecule has 1 saturated carbocycles. The van der Waals surface area contributed by atoms with Gasteiger partial charge in [0.1, 0.15) is 5.84 Å². The maximum atomic E-state index is 12.3. The van der Waals surface area contributed by atoms with Crippen molar-refractivity contribution in [3.63, 3.8) is 0 Å². The summed E-state index contributed by atoms with van der Waals surface area (Å²) in [6, 6.07) is 7.79. The Morgan fingerprint density at radius 2 is 1.81 bits per heavy atom. The second-order valence-electron chi connectivity index (χ2n) is 7.47. The number of carboxylic acid groups (broad SMARTS) is 1. The van der Waals surface area contributed by atoms with Gasteiger partial charge in [-0.1, -0.05) is 37.1 Å². The number of nitrogen functional groups attached to an aromatic ring is 1. The summed E-state index contributed by atoms with van der Waals surface area (Å²) in [7, 11) is 0. The van der Waals surface area contributed by atoms with Gasteiger partial charge in [0.25, 0.3) is 0 Å². The van der Waals surface area contributed by atoms with E-state index in [1.807, 2.05) is 24.3 Å². The number of aliphatic carboxylic acids is 1. The second kappa shape index (κ2) is 10.7. The third-order valence-electron chi connectivity index (χ3n) is 5.37. The summed E-state index contributed by atoms with van der Waals surface area (Å²) >= 11 is 0. The fourth-order valence-corrected chi connectivity index (χ4v) is 3.80. The van der Waals surface area contributed by atoms with Gasteiger partial charge in [0.05, 0.1) is 0 Å². The van der Waals surface area contributed by atoms with Crippen LogP contribution in [0, 0.1) is 11.3 Å². The smallest absolute Gasteiger partial charge is 0.303 e. The number of unbranched alkanes of at least 4 members (excludes halogenated alkanes) is 1. The van der Waals surface area contributed by atoms with Crippen LogP contribution in [0.3, 0.4) is 0 Å². The molecular formula is C21H31N3O3. The van der Waals surface area contributed by atoms with Crippen molar-refractivity contribution in [2.45, 2.75) is 70.3 Å². The molecule has 6 nitrogen and oxygen atoms in total. The first kappa shape index (κ1) is 20.9. The summed E-state index contributed by atoms with van der Waals surface area (Å²) in [5.74, 6) is -0.322. The number of amides is 1. The van der Waals surface area contributed by atoms with Gasteiger partial charge in [-0.2, -0.15) is 0 Å². The zero-order valence-corrected chi connectivity index (χ0v) is 15.9. The highest BCUT2D eigenvalue weighted by atomic mass is 16.4. The first-order chi connectivity index (χ1) is 13.0. The van der Waals surface area contributed by atoms with Crippen molar-refractivity contribution in [2.24, 2.45) is 11.7 Å². The summed E-state index contributed by atoms with van der Waals surface area (Å²) in [6.07, 6.45) is 8.18. The molecule has 0 aromatic heterocycles. The van der Waals surface area contributed by atoms with Crippen molar-refractivity contribution in [1.82, 2.24) is 5.32 Å². The molecule has 0 radical (unpaired) electrons. The minimum atomic E-state index is -0.762. The van der Waals surface area contributed by atoms with Crippen LogP contribution in [0.1, 0.15) is 68.9 Å². The van der Waals surface area contributed by atoms with Crippen molar-refractivity contribution in [3.05, 3.63) is 35.4 Å². The van der Waals surface area contributed by atoms with E-state index in [1.54, 1.807) is 0 Å². The monoisotopic (exact) mass is 373 g/mol. The van der Waals surface area contributed by atoms with E-state index in [0.717, 1.165) is 50.5 Å². The molecule has 1 aliphatic carbocycles. The van der Waals surface area contributed by atoms with E-state index in [1.165, 1.54) is 5.56 Å². The van der Waals surface area contributed by atoms with Crippen LogP contribution >= 0.6 is 0 Å². The topological polar surface area (TPSA) is 116 Å². The Kier molecular flexibility index (Phi) is 8.30. The predicted octanol–water partition coefficient (Wildman–Crippen LogP) is 3.22. The maximum Gasteiger partial charge on any atom is 0.303 e. The Morgan fingerprint density at radius 1 is 1.11 bits per heavy atom. The lowest BCUT2D eigenvalue weighted by Crippen LogP contribution is -2.42. The van der Waals surface area contributed by atoms with Gasteiger partial charge < -0.3 is 16.2 Å². The van der Waals surface area contributed by atoms with Crippen LogP contribution < -0.4 is 11.1 Å². The van der Waals surface area contributed by atoms with Crippen LogP contribution in [0.2, 0.25) is 0 Å². The number of hydrogen-bond acceptors (Lipinski definition) is 3. The molecule has 1 fully saturated rings. The Hall–Kier alpha value is -2.37. The molecule has 1 aromatic carbocycles. The van der Waals surface area contributed by atoms with Gasteiger partial charge in [-0.05, 0) is 50.0 Å². The molecule has 1 amide bonds. The molecule has 1 aliphatic rings. The average Bonchev–Trinajstić information content (AvgIpc) is 2.65. The first-order valence-electron chi connectivity index (χ1n) is 9.90. The number of aryl methyl sites for hydroxylation is 1. The predicted molar refractivity (Wildman–Crippen MR) is 106 cm³/mol. The van der Waals surface area contributed by atoms with E-state index >= 15 is 0 Å². The molecule has 2 unspecified atom stereocenters. The number of nitrogens with one attached hydrogen (secondary N) is 2. The molecule has 6 heteroatoms. The second-order valence-corrected chi connectivity index (χ2v) is 7.47. The lowest BCUT2D eigenvalue weighted by atomic mass is 9.81. The largest absolute Gasteiger partial charge is 0.481 e. The van der Waals surface area contributed by atoms with Crippen molar-refractivity contribution < 1.29 is 14.7 Å². The number of hydrogen-bond donors (Lipinski definition) is 4. The van der Waals surface area contributed by atoms with Gasteiger partial charge in [0.15, 0.2) is 0 Å². The first-order valence-corrected chi connectivity index (χ1v) is 9.90. The van der Waals surface area contributed by atoms with Crippen molar-refractivity contribution >= 4 is 17.7 Å². The molecule has 2 atom stereocenters. The zero-order chi connectivity index (χ0) is 19.6. The zero-order valence-electron chi connectivity index (χ0n) is 15.9. The van der Waals surface area contributed by atoms with E-state index in [-0.39, 0.29) is 24.2 Å². The highest BCUT2D eigenvalue weighted by Crippen LogP contribution is 2.28. The average molecular weight is 373 g/mol. The van der Waals surface area contributed by atoms with Gasteiger partial charge >= 0.3 is 5.97 Å². The van der Waals surface area contributed by atoms with Gasteiger partial charge in [-0.25, -0.2) is 0 Å². The van der Waals surface area contributed by atoms with Crippen molar-refractivity contribution in [3.8, 4) is 0 Å². The summed E-state index contributed by atoms with van der Waals surface area (Å²) in [5, 5.41) is 19.4. The van der Waals surface area contributed by atoms with Crippen LogP contribution in [-0.4, -0.2) is 28.9 Å². The fraction of sp³-hybridized carbons (Fsp3) is 0.571. The molecule has 0 heterocycles. The molecule has 27 heavy (non-hydrogen) atoms. The lowest BCUT2D eigenvalue weighted by molar-refractivity contribution is -0.137. The highest BCUT2D eigenvalue weighted by molar-refractivity contribution is 5.94. The quantitative estimate of drug-likeness (QED) is 0.286. The molecule has 1 aromatic rings. The number of rotatable bonds is 10. The SMILES string of the molecule is N=C(N)c1ccc(CCCCC(=O)NC2CCCCC2CCC(=O)O)cc1. The molecule has 0 spiro atoms. The number of benzene rings is 1. The molecule has 5 N–H and O–H groups in total. The number of carboxylic acids is 1. The summed E-state index contributed by atoms with van der Waals surface area (Å²) in [5.41, 5.74) is 7.36. The Morgan fingerprint density at radius 3 is 2.48 bits per heavy atom. The standard InChI is InChI=1S/C21H31N3O3/c22-21(23)17-11-9-15(10-12-17)5-1-4-8-19(25)24-18-7-3-2-6-16(18)13-14-20(26)27/h9-12,16,18H,1-8,13-14H2,(H3,22,23)(H,24,25)(H,26,27). The molecule has 0 aliphatic heterocycles. The van der Waals surface area contributed by atoms with Crippen LogP contribution in [0.25, 0.3) is 0 Å². The van der Waals surface area contributed by atoms with Gasteiger partial charge in [-0.15, -0.1) is 0 Å². The van der Waals surface area contributed by atoms with E-state index < -0.39 is 5.97 Å². The van der Waals surface area contributed by atoms with E-state index in [9.17, 15) is 9.59 Å². The van der Waals surface area contributed by atoms with Gasteiger partial charge in [-0.3, -0.25) is 15.0 Å². The van der Waals surface area contributed by atoms with Crippen LogP contribution in [0.5, 0.6) is 0 Å². The van der Waals surface area contributed by atoms with E-state index in [2.05, 4.69) is 5.32 Å². The maximum absolute atomic E-state index is 12.3. The van der Waals surface area contributed by atoms with Gasteiger partial charge in [0.2, 0.25) is 5.91 Å². The van der Waals surface area contributed by atoms with Crippen LogP contribution in [0.15, 0.2) is 24.3 Å². The molecule has 148 valence electrons. The minimum absolute atomic E-state index is 0.0718. The molecular weight excluding hydrogens is 342 g/mol. The third-order valence-corrected chi connectivity index (χ3v) is 5.37. The number of carbonyl (C=O) groups is 2. The summed E-state index contributed by atoms with van der Waals surface area (Å²) < 4.78 is 0. The third kappa shape index (κ3) is 7.41. The van der Waals surface area contributed by atoms with E-state index in [4.69, 9.17) is 16.2 Å². The normalized spacial score (nSPS) is 19.4. The van der Waals surface area contributed by atoms with E-state index in [0.29, 0.717) is 18.8 Å². The Bertz CT molecular complexity index is 643. The Labute approximate surface area is 161 Å². The number of nitrogens with two attached hydrogens (primary N) is 1. The highest BCUT2D eigenvalue weighted by Gasteiger charge is 2.26.